The third-order valence-electron chi connectivity index (χ3n) is 7.93. The van der Waals surface area contributed by atoms with Crippen LogP contribution in [0.4, 0.5) is 0 Å². The highest BCUT2D eigenvalue weighted by atomic mass is 16.5. The number of aliphatic imine (C=N–C) groups is 1. The lowest BCUT2D eigenvalue weighted by Gasteiger charge is -2.31. The van der Waals surface area contributed by atoms with Crippen molar-refractivity contribution >= 4 is 17.7 Å². The molecular formula is C35H55NO4. The first-order chi connectivity index (χ1) is 19.5. The van der Waals surface area contributed by atoms with E-state index in [1.807, 2.05) is 44.2 Å². The molecule has 1 aromatic carbocycles. The van der Waals surface area contributed by atoms with Crippen molar-refractivity contribution < 1.29 is 19.1 Å². The second-order valence-corrected chi connectivity index (χ2v) is 11.4. The minimum atomic E-state index is -0.634. The third-order valence-corrected chi connectivity index (χ3v) is 7.93. The molecule has 0 aliphatic carbocycles. The van der Waals surface area contributed by atoms with Crippen LogP contribution < -0.4 is 0 Å². The molecule has 1 heterocycles. The summed E-state index contributed by atoms with van der Waals surface area (Å²) >= 11 is 0. The second kappa shape index (κ2) is 20.4. The summed E-state index contributed by atoms with van der Waals surface area (Å²) in [6, 6.07) is 9.78. The number of carbonyl (C=O) groups excluding carboxylic acids is 2. The van der Waals surface area contributed by atoms with Gasteiger partial charge in [0.15, 0.2) is 0 Å². The second-order valence-electron chi connectivity index (χ2n) is 11.4. The number of hydrogen-bond donors (Lipinski definition) is 0. The quantitative estimate of drug-likeness (QED) is 0.112. The third kappa shape index (κ3) is 12.0. The number of rotatable bonds is 21. The van der Waals surface area contributed by atoms with Crippen molar-refractivity contribution in [1.29, 1.82) is 0 Å². The van der Waals surface area contributed by atoms with Gasteiger partial charge in [0.1, 0.15) is 5.92 Å². The maximum atomic E-state index is 13.4. The maximum absolute atomic E-state index is 13.4. The van der Waals surface area contributed by atoms with Gasteiger partial charge in [-0.2, -0.15) is 0 Å². The van der Waals surface area contributed by atoms with Crippen LogP contribution in [-0.2, 0) is 19.1 Å². The van der Waals surface area contributed by atoms with Gasteiger partial charge in [-0.1, -0.05) is 134 Å². The molecule has 0 aromatic heterocycles. The molecule has 0 fully saturated rings. The summed E-state index contributed by atoms with van der Waals surface area (Å²) in [6.45, 7) is 8.97. The molecule has 0 amide bonds. The van der Waals surface area contributed by atoms with Gasteiger partial charge in [0, 0.05) is 17.3 Å². The van der Waals surface area contributed by atoms with Gasteiger partial charge in [0.2, 0.25) is 0 Å². The summed E-state index contributed by atoms with van der Waals surface area (Å²) in [7, 11) is 0. The molecule has 1 aromatic rings. The van der Waals surface area contributed by atoms with E-state index in [4.69, 9.17) is 9.47 Å². The van der Waals surface area contributed by atoms with Crippen LogP contribution in [0, 0.1) is 5.92 Å². The Bertz CT molecular complexity index is 921. The summed E-state index contributed by atoms with van der Waals surface area (Å²) in [6.07, 6.45) is 19.0. The molecule has 0 spiro atoms. The Hall–Kier alpha value is -2.43. The molecular weight excluding hydrogens is 498 g/mol. The van der Waals surface area contributed by atoms with E-state index in [2.05, 4.69) is 18.8 Å². The van der Waals surface area contributed by atoms with Crippen molar-refractivity contribution in [1.82, 2.24) is 0 Å². The molecule has 2 unspecified atom stereocenters. The number of hydrogen-bond acceptors (Lipinski definition) is 5. The van der Waals surface area contributed by atoms with Crippen molar-refractivity contribution in [3.05, 3.63) is 47.2 Å². The summed E-state index contributed by atoms with van der Waals surface area (Å²) < 4.78 is 11.5. The largest absolute Gasteiger partial charge is 0.465 e. The summed E-state index contributed by atoms with van der Waals surface area (Å²) in [5.41, 5.74) is 2.70. The van der Waals surface area contributed by atoms with Gasteiger partial charge in [-0.3, -0.25) is 9.79 Å². The predicted octanol–water partition coefficient (Wildman–Crippen LogP) is 9.50. The fourth-order valence-electron chi connectivity index (χ4n) is 5.61. The van der Waals surface area contributed by atoms with E-state index in [0.717, 1.165) is 31.2 Å². The number of unbranched alkanes of at least 4 members (excludes halogenated alkanes) is 14. The topological polar surface area (TPSA) is 65.0 Å². The lowest BCUT2D eigenvalue weighted by molar-refractivity contribution is -0.147. The lowest BCUT2D eigenvalue weighted by atomic mass is 9.75. The molecule has 0 radical (unpaired) electrons. The SMILES string of the molecule is CCCCCCCCCCOC(=O)C1=C(C)N=C(C)C(C(=O)OCCCCCCCCCC)C1c1ccccc1. The molecule has 0 saturated carbocycles. The predicted molar refractivity (Wildman–Crippen MR) is 166 cm³/mol. The van der Waals surface area contributed by atoms with Crippen molar-refractivity contribution in [2.45, 2.75) is 136 Å². The zero-order valence-corrected chi connectivity index (χ0v) is 25.8. The first-order valence-corrected chi connectivity index (χ1v) is 16.2. The van der Waals surface area contributed by atoms with Gasteiger partial charge in [-0.05, 0) is 32.3 Å². The molecule has 224 valence electrons. The van der Waals surface area contributed by atoms with E-state index in [-0.39, 0.29) is 11.9 Å². The minimum Gasteiger partial charge on any atom is -0.465 e. The normalized spacial score (nSPS) is 17.1. The summed E-state index contributed by atoms with van der Waals surface area (Å²) in [4.78, 5) is 31.5. The molecule has 2 atom stereocenters. The first-order valence-electron chi connectivity index (χ1n) is 16.2. The van der Waals surface area contributed by atoms with E-state index in [1.54, 1.807) is 0 Å². The Kier molecular flexibility index (Phi) is 17.3. The van der Waals surface area contributed by atoms with Gasteiger partial charge in [0.25, 0.3) is 0 Å². The highest BCUT2D eigenvalue weighted by Crippen LogP contribution is 2.40. The smallest absolute Gasteiger partial charge is 0.336 e. The van der Waals surface area contributed by atoms with Crippen LogP contribution in [0.1, 0.15) is 142 Å². The maximum Gasteiger partial charge on any atom is 0.336 e. The van der Waals surface area contributed by atoms with Crippen LogP contribution in [0.2, 0.25) is 0 Å². The molecule has 5 heteroatoms. The molecule has 40 heavy (non-hydrogen) atoms. The van der Waals surface area contributed by atoms with Gasteiger partial charge >= 0.3 is 11.9 Å². The number of allylic oxidation sites excluding steroid dienone is 1. The number of nitrogens with zero attached hydrogens (tertiary/aromatic N) is 1. The number of ether oxygens (including phenoxy) is 2. The Morgan fingerprint density at radius 1 is 0.675 bits per heavy atom. The van der Waals surface area contributed by atoms with Crippen LogP contribution in [0.3, 0.4) is 0 Å². The Balaban J connectivity index is 1.96. The Morgan fingerprint density at radius 3 is 1.68 bits per heavy atom. The standard InChI is InChI=1S/C35H55NO4/c1-5-7-9-11-13-15-17-22-26-39-34(37)31-28(3)36-29(4)32(33(31)30-24-20-19-21-25-30)35(38)40-27-23-18-16-14-12-10-8-6-2/h19-21,24-25,31,33H,5-18,22-23,26-27H2,1-4H3. The summed E-state index contributed by atoms with van der Waals surface area (Å²) in [5, 5.41) is 0. The molecule has 1 aliphatic heterocycles. The van der Waals surface area contributed by atoms with Crippen molar-refractivity contribution in [3.8, 4) is 0 Å². The van der Waals surface area contributed by atoms with Crippen molar-refractivity contribution in [3.63, 3.8) is 0 Å². The van der Waals surface area contributed by atoms with Crippen molar-refractivity contribution in [2.24, 2.45) is 10.9 Å². The van der Waals surface area contributed by atoms with Crippen LogP contribution in [0.15, 0.2) is 46.6 Å². The van der Waals surface area contributed by atoms with E-state index in [0.29, 0.717) is 30.2 Å². The van der Waals surface area contributed by atoms with Crippen LogP contribution in [0.5, 0.6) is 0 Å². The molecule has 0 N–H and O–H groups in total. The minimum absolute atomic E-state index is 0.307. The Labute approximate surface area is 244 Å². The van der Waals surface area contributed by atoms with E-state index in [1.165, 1.54) is 77.0 Å². The van der Waals surface area contributed by atoms with Crippen LogP contribution >= 0.6 is 0 Å². The lowest BCUT2D eigenvalue weighted by Crippen LogP contribution is -2.36. The van der Waals surface area contributed by atoms with Gasteiger partial charge in [-0.25, -0.2) is 4.79 Å². The number of esters is 2. The van der Waals surface area contributed by atoms with Gasteiger partial charge < -0.3 is 9.47 Å². The van der Waals surface area contributed by atoms with Crippen molar-refractivity contribution in [2.75, 3.05) is 13.2 Å². The average molecular weight is 554 g/mol. The van der Waals surface area contributed by atoms with E-state index >= 15 is 0 Å². The number of carbonyl (C=O) groups is 2. The van der Waals surface area contributed by atoms with Gasteiger partial charge in [-0.15, -0.1) is 0 Å². The van der Waals surface area contributed by atoms with Crippen LogP contribution in [0.25, 0.3) is 0 Å². The molecule has 1 aliphatic rings. The fraction of sp³-hybridized carbons (Fsp3) is 0.686. The van der Waals surface area contributed by atoms with E-state index in [9.17, 15) is 9.59 Å². The molecule has 0 bridgehead atoms. The zero-order chi connectivity index (χ0) is 29.0. The Morgan fingerprint density at radius 2 is 1.15 bits per heavy atom. The molecule has 2 rings (SSSR count). The average Bonchev–Trinajstić information content (AvgIpc) is 2.95. The number of benzene rings is 1. The zero-order valence-electron chi connectivity index (χ0n) is 25.8. The van der Waals surface area contributed by atoms with Gasteiger partial charge in [0.05, 0.1) is 18.8 Å². The highest BCUT2D eigenvalue weighted by Gasteiger charge is 2.42. The molecule has 0 saturated heterocycles. The molecule has 5 nitrogen and oxygen atoms in total. The van der Waals surface area contributed by atoms with E-state index < -0.39 is 11.8 Å². The highest BCUT2D eigenvalue weighted by molar-refractivity contribution is 6.07. The first kappa shape index (κ1) is 33.8. The van der Waals surface area contributed by atoms with Crippen LogP contribution in [-0.4, -0.2) is 30.9 Å². The fourth-order valence-corrected chi connectivity index (χ4v) is 5.61. The monoisotopic (exact) mass is 553 g/mol. The summed E-state index contributed by atoms with van der Waals surface area (Å²) in [5.74, 6) is -1.77.